The number of aryl methyl sites for hydroxylation is 1. The van der Waals surface area contributed by atoms with Crippen molar-refractivity contribution >= 4 is 50.9 Å². The van der Waals surface area contributed by atoms with Crippen LogP contribution in [0.3, 0.4) is 0 Å². The van der Waals surface area contributed by atoms with E-state index >= 15 is 0 Å². The molecule has 1 saturated heterocycles. The van der Waals surface area contributed by atoms with Crippen LogP contribution < -0.4 is 5.32 Å². The molecular weight excluding hydrogens is 487 g/mol. The summed E-state index contributed by atoms with van der Waals surface area (Å²) in [5.41, 5.74) is 2.14. The fourth-order valence-corrected chi connectivity index (χ4v) is 6.55. The molecule has 1 N–H and O–H groups in total. The maximum absolute atomic E-state index is 13.1. The van der Waals surface area contributed by atoms with Gasteiger partial charge in [-0.15, -0.1) is 0 Å². The summed E-state index contributed by atoms with van der Waals surface area (Å²) in [6.45, 7) is 3.35. The Balaban J connectivity index is 1.58. The lowest BCUT2D eigenvalue weighted by molar-refractivity contribution is 0.0955. The van der Waals surface area contributed by atoms with Crippen LogP contribution in [0, 0.1) is 6.92 Å². The van der Waals surface area contributed by atoms with Crippen molar-refractivity contribution in [3.05, 3.63) is 63.1 Å². The quantitative estimate of drug-likeness (QED) is 0.470. The molecule has 3 rings (SSSR count). The first-order valence-electron chi connectivity index (χ1n) is 10.7. The molecule has 0 radical (unpaired) electrons. The molecule has 0 aromatic heterocycles. The zero-order valence-electron chi connectivity index (χ0n) is 18.1. The number of nitrogens with one attached hydrogen (secondary N) is 1. The number of hydrogen-bond donors (Lipinski definition) is 1. The van der Waals surface area contributed by atoms with Gasteiger partial charge in [0.05, 0.1) is 4.90 Å². The number of amides is 1. The zero-order valence-corrected chi connectivity index (χ0v) is 21.2. The topological polar surface area (TPSA) is 66.5 Å². The highest BCUT2D eigenvalue weighted by molar-refractivity contribution is 7.98. The minimum Gasteiger partial charge on any atom is -0.351 e. The Labute approximate surface area is 204 Å². The Morgan fingerprint density at radius 1 is 1.06 bits per heavy atom. The number of sulfonamides is 1. The molecule has 32 heavy (non-hydrogen) atoms. The van der Waals surface area contributed by atoms with Gasteiger partial charge in [-0.05, 0) is 55.2 Å². The molecule has 1 heterocycles. The predicted octanol–water partition coefficient (Wildman–Crippen LogP) is 5.53. The highest BCUT2D eigenvalue weighted by Crippen LogP contribution is 2.25. The van der Waals surface area contributed by atoms with Crippen molar-refractivity contribution < 1.29 is 13.2 Å². The number of halogens is 2. The number of rotatable bonds is 8. The van der Waals surface area contributed by atoms with Crippen molar-refractivity contribution in [2.75, 3.05) is 25.4 Å². The fraction of sp³-hybridized carbons (Fsp3) is 0.435. The maximum Gasteiger partial charge on any atom is 0.251 e. The third-order valence-electron chi connectivity index (χ3n) is 5.46. The molecular formula is C23H28Cl2N2O3S2. The summed E-state index contributed by atoms with van der Waals surface area (Å²) in [6, 6.07) is 10.2. The molecule has 9 heteroatoms. The number of benzene rings is 2. The van der Waals surface area contributed by atoms with Gasteiger partial charge in [0.15, 0.2) is 0 Å². The largest absolute Gasteiger partial charge is 0.351 e. The third kappa shape index (κ3) is 6.64. The smallest absolute Gasteiger partial charge is 0.251 e. The molecule has 0 spiro atoms. The van der Waals surface area contributed by atoms with Gasteiger partial charge in [0.25, 0.3) is 5.91 Å². The number of carbonyl (C=O) groups is 1. The van der Waals surface area contributed by atoms with Gasteiger partial charge in [-0.3, -0.25) is 4.79 Å². The van der Waals surface area contributed by atoms with E-state index in [0.717, 1.165) is 36.8 Å². The molecule has 0 unspecified atom stereocenters. The molecule has 5 nitrogen and oxygen atoms in total. The van der Waals surface area contributed by atoms with Crippen molar-refractivity contribution in [2.24, 2.45) is 0 Å². The third-order valence-corrected chi connectivity index (χ3v) is 8.95. The molecule has 2 aromatic carbocycles. The zero-order chi connectivity index (χ0) is 23.1. The molecule has 0 bridgehead atoms. The monoisotopic (exact) mass is 514 g/mol. The summed E-state index contributed by atoms with van der Waals surface area (Å²) in [6.07, 6.45) is 3.85. The number of carbonyl (C=O) groups excluding carboxylic acids is 1. The minimum atomic E-state index is -3.60. The lowest BCUT2D eigenvalue weighted by Gasteiger charge is -2.20. The Morgan fingerprint density at radius 3 is 2.47 bits per heavy atom. The molecule has 0 aliphatic carbocycles. The van der Waals surface area contributed by atoms with E-state index in [1.54, 1.807) is 40.3 Å². The summed E-state index contributed by atoms with van der Waals surface area (Å²) in [5.74, 6) is 1.16. The second kappa shape index (κ2) is 11.7. The molecule has 2 aromatic rings. The van der Waals surface area contributed by atoms with E-state index in [4.69, 9.17) is 23.2 Å². The van der Waals surface area contributed by atoms with Crippen molar-refractivity contribution in [1.82, 2.24) is 9.62 Å². The fourth-order valence-electron chi connectivity index (χ4n) is 3.59. The van der Waals surface area contributed by atoms with Crippen molar-refractivity contribution in [3.8, 4) is 0 Å². The Hall–Kier alpha value is -1.25. The highest BCUT2D eigenvalue weighted by Gasteiger charge is 2.26. The lowest BCUT2D eigenvalue weighted by Crippen LogP contribution is -2.32. The second-order valence-corrected chi connectivity index (χ2v) is 11.7. The molecule has 1 aliphatic heterocycles. The molecule has 0 atom stereocenters. The van der Waals surface area contributed by atoms with Crippen LogP contribution in [-0.4, -0.2) is 44.0 Å². The predicted molar refractivity (Wildman–Crippen MR) is 133 cm³/mol. The highest BCUT2D eigenvalue weighted by atomic mass is 35.5. The first kappa shape index (κ1) is 25.4. The number of nitrogens with zero attached hydrogens (tertiary/aromatic N) is 1. The lowest BCUT2D eigenvalue weighted by atomic mass is 10.1. The first-order chi connectivity index (χ1) is 15.3. The second-order valence-electron chi connectivity index (χ2n) is 7.84. The Bertz CT molecular complexity index is 1050. The molecule has 0 saturated carbocycles. The van der Waals surface area contributed by atoms with Crippen molar-refractivity contribution in [1.29, 1.82) is 0 Å². The molecule has 1 fully saturated rings. The van der Waals surface area contributed by atoms with Crippen LogP contribution in [0.5, 0.6) is 0 Å². The summed E-state index contributed by atoms with van der Waals surface area (Å²) >= 11 is 13.8. The van der Waals surface area contributed by atoms with Crippen LogP contribution in [-0.2, 0) is 15.8 Å². The Kier molecular flexibility index (Phi) is 9.32. The van der Waals surface area contributed by atoms with Crippen molar-refractivity contribution in [2.45, 2.75) is 43.3 Å². The average Bonchev–Trinajstić information content (AvgIpc) is 3.05. The Morgan fingerprint density at radius 2 is 1.78 bits per heavy atom. The van der Waals surface area contributed by atoms with Crippen LogP contribution in [0.1, 0.15) is 47.2 Å². The van der Waals surface area contributed by atoms with Gasteiger partial charge in [-0.1, -0.05) is 48.2 Å². The van der Waals surface area contributed by atoms with Gasteiger partial charge in [-0.25, -0.2) is 8.42 Å². The summed E-state index contributed by atoms with van der Waals surface area (Å²) < 4.78 is 27.7. The van der Waals surface area contributed by atoms with Crippen LogP contribution >= 0.6 is 35.0 Å². The summed E-state index contributed by atoms with van der Waals surface area (Å²) in [4.78, 5) is 12.9. The van der Waals surface area contributed by atoms with E-state index in [-0.39, 0.29) is 10.8 Å². The van der Waals surface area contributed by atoms with Crippen LogP contribution in [0.25, 0.3) is 0 Å². The van der Waals surface area contributed by atoms with E-state index in [1.165, 1.54) is 6.07 Å². The van der Waals surface area contributed by atoms with Crippen molar-refractivity contribution in [3.63, 3.8) is 0 Å². The van der Waals surface area contributed by atoms with E-state index in [1.807, 2.05) is 13.0 Å². The van der Waals surface area contributed by atoms with Gasteiger partial charge in [0.1, 0.15) is 0 Å². The van der Waals surface area contributed by atoms with E-state index in [0.29, 0.717) is 46.7 Å². The summed E-state index contributed by atoms with van der Waals surface area (Å²) in [7, 11) is -3.60. The van der Waals surface area contributed by atoms with E-state index in [2.05, 4.69) is 5.32 Å². The van der Waals surface area contributed by atoms with Crippen LogP contribution in [0.15, 0.2) is 41.3 Å². The number of hydrogen-bond acceptors (Lipinski definition) is 4. The van der Waals surface area contributed by atoms with E-state index < -0.39 is 10.0 Å². The summed E-state index contributed by atoms with van der Waals surface area (Å²) in [5, 5.41) is 4.13. The molecule has 1 amide bonds. The van der Waals surface area contributed by atoms with Gasteiger partial charge < -0.3 is 5.32 Å². The number of thioether (sulfide) groups is 1. The molecule has 1 aliphatic rings. The van der Waals surface area contributed by atoms with Gasteiger partial charge in [0, 0.05) is 46.7 Å². The normalized spacial score (nSPS) is 15.3. The SMILES string of the molecule is Cc1ccc(S(=O)(=O)N2CCCCCC2)cc1C(=O)NCCSCc1ccc(Cl)cc1Cl. The van der Waals surface area contributed by atoms with Gasteiger partial charge in [-0.2, -0.15) is 16.1 Å². The standard InChI is InChI=1S/C23H28Cl2N2O3S2/c1-17-6-9-20(32(29,30)27-11-4-2-3-5-12-27)15-21(17)23(28)26-10-13-31-16-18-7-8-19(24)14-22(18)25/h6-9,14-15H,2-5,10-13,16H2,1H3,(H,26,28). The molecule has 174 valence electrons. The minimum absolute atomic E-state index is 0.182. The van der Waals surface area contributed by atoms with E-state index in [9.17, 15) is 13.2 Å². The first-order valence-corrected chi connectivity index (χ1v) is 14.0. The van der Waals surface area contributed by atoms with Gasteiger partial charge in [0.2, 0.25) is 10.0 Å². The van der Waals surface area contributed by atoms with Crippen LogP contribution in [0.2, 0.25) is 10.0 Å². The maximum atomic E-state index is 13.1. The average molecular weight is 516 g/mol. The van der Waals surface area contributed by atoms with Crippen LogP contribution in [0.4, 0.5) is 0 Å². The van der Waals surface area contributed by atoms with Gasteiger partial charge >= 0.3 is 0 Å².